The number of sulfonamides is 1. The number of anilines is 1. The quantitative estimate of drug-likeness (QED) is 0.259. The molecule has 30 heavy (non-hydrogen) atoms. The van der Waals surface area contributed by atoms with Gasteiger partial charge in [-0.1, -0.05) is 65.1 Å². The van der Waals surface area contributed by atoms with Crippen LogP contribution in [0.5, 0.6) is 0 Å². The zero-order valence-electron chi connectivity index (χ0n) is 15.4. The molecule has 0 radical (unpaired) electrons. The van der Waals surface area contributed by atoms with Crippen LogP contribution in [0, 0.1) is 0 Å². The molecule has 0 aliphatic carbocycles. The fourth-order valence-electron chi connectivity index (χ4n) is 2.36. The Bertz CT molecular complexity index is 982. The molecule has 12 heteroatoms. The Kier molecular flexibility index (Phi) is 8.72. The number of rotatable bonds is 7. The van der Waals surface area contributed by atoms with Crippen LogP contribution in [0.4, 0.5) is 5.69 Å². The van der Waals surface area contributed by atoms with Crippen molar-refractivity contribution in [2.24, 2.45) is 5.14 Å². The minimum absolute atomic E-state index is 0.0447. The van der Waals surface area contributed by atoms with E-state index in [0.29, 0.717) is 12.1 Å². The topological polar surface area (TPSA) is 113 Å². The monoisotopic (exact) mass is 508 g/mol. The predicted octanol–water partition coefficient (Wildman–Crippen LogP) is 3.07. The normalized spacial score (nSPS) is 12.7. The maximum absolute atomic E-state index is 12.3. The van der Waals surface area contributed by atoms with Gasteiger partial charge in [-0.25, -0.2) is 13.6 Å². The zero-order valence-corrected chi connectivity index (χ0v) is 19.3. The molecular weight excluding hydrogens is 491 g/mol. The van der Waals surface area contributed by atoms with Gasteiger partial charge in [0.25, 0.3) is 0 Å². The molecule has 162 valence electrons. The Labute approximate surface area is 195 Å². The van der Waals surface area contributed by atoms with Gasteiger partial charge in [-0.2, -0.15) is 0 Å². The molecule has 1 unspecified atom stereocenters. The molecule has 2 rings (SSSR count). The average Bonchev–Trinajstić information content (AvgIpc) is 2.65. The number of alkyl halides is 3. The lowest BCUT2D eigenvalue weighted by molar-refractivity contribution is -0.121. The van der Waals surface area contributed by atoms with Crippen LogP contribution >= 0.6 is 47.0 Å². The summed E-state index contributed by atoms with van der Waals surface area (Å²) in [6.07, 6.45) is -0.384. The summed E-state index contributed by atoms with van der Waals surface area (Å²) in [7, 11) is -3.80. The van der Waals surface area contributed by atoms with Gasteiger partial charge < -0.3 is 16.0 Å². The smallest absolute Gasteiger partial charge is 0.238 e. The van der Waals surface area contributed by atoms with Crippen LogP contribution in [0.2, 0.25) is 0 Å². The molecule has 2 aromatic carbocycles. The predicted molar refractivity (Wildman–Crippen MR) is 124 cm³/mol. The Morgan fingerprint density at radius 3 is 2.17 bits per heavy atom. The largest absolute Gasteiger partial charge is 0.339 e. The van der Waals surface area contributed by atoms with Crippen molar-refractivity contribution < 1.29 is 13.2 Å². The molecule has 0 bridgehead atoms. The fourth-order valence-corrected chi connectivity index (χ4v) is 3.44. The minimum Gasteiger partial charge on any atom is -0.339 e. The number of halogens is 3. The van der Waals surface area contributed by atoms with E-state index in [0.717, 1.165) is 5.56 Å². The first-order chi connectivity index (χ1) is 13.9. The highest BCUT2D eigenvalue weighted by atomic mass is 35.6. The van der Waals surface area contributed by atoms with Crippen LogP contribution in [-0.4, -0.2) is 29.4 Å². The van der Waals surface area contributed by atoms with Crippen molar-refractivity contribution in [3.8, 4) is 0 Å². The third kappa shape index (κ3) is 8.25. The molecule has 0 aromatic heterocycles. The molecule has 1 amide bonds. The number of aryl methyl sites for hydroxylation is 1. The van der Waals surface area contributed by atoms with Gasteiger partial charge in [0.1, 0.15) is 6.17 Å². The van der Waals surface area contributed by atoms with Crippen molar-refractivity contribution in [1.29, 1.82) is 0 Å². The summed E-state index contributed by atoms with van der Waals surface area (Å²) < 4.78 is 20.7. The van der Waals surface area contributed by atoms with Crippen molar-refractivity contribution in [2.45, 2.75) is 27.7 Å². The first-order valence-electron chi connectivity index (χ1n) is 8.55. The van der Waals surface area contributed by atoms with Crippen LogP contribution in [0.3, 0.4) is 0 Å². The van der Waals surface area contributed by atoms with Gasteiger partial charge in [0.2, 0.25) is 19.7 Å². The van der Waals surface area contributed by atoms with Crippen LogP contribution in [0.1, 0.15) is 12.0 Å². The fraction of sp³-hybridized carbons (Fsp3) is 0.222. The molecular formula is C18H19Cl3N4O3S2. The van der Waals surface area contributed by atoms with Crippen LogP contribution in [-0.2, 0) is 21.2 Å². The van der Waals surface area contributed by atoms with E-state index < -0.39 is 20.0 Å². The van der Waals surface area contributed by atoms with Crippen molar-refractivity contribution in [3.63, 3.8) is 0 Å². The van der Waals surface area contributed by atoms with E-state index in [9.17, 15) is 13.2 Å². The second-order valence-corrected chi connectivity index (χ2v) is 10.5. The van der Waals surface area contributed by atoms with Crippen molar-refractivity contribution in [2.75, 3.05) is 5.32 Å². The Morgan fingerprint density at radius 1 is 1.03 bits per heavy atom. The molecule has 5 N–H and O–H groups in total. The van der Waals surface area contributed by atoms with Crippen LogP contribution in [0.15, 0.2) is 59.5 Å². The van der Waals surface area contributed by atoms with E-state index in [4.69, 9.17) is 52.2 Å². The summed E-state index contributed by atoms with van der Waals surface area (Å²) >= 11 is 23.1. The van der Waals surface area contributed by atoms with Gasteiger partial charge in [0.15, 0.2) is 5.11 Å². The summed E-state index contributed by atoms with van der Waals surface area (Å²) in [5.41, 5.74) is 1.48. The number of nitrogens with two attached hydrogens (primary N) is 1. The Balaban J connectivity index is 1.95. The standard InChI is InChI=1S/C18H19Cl3N4O3S2/c19-18(20,21)16(24-15(26)11-6-12-4-2-1-3-5-12)25-17(29)23-13-7-9-14(10-8-13)30(22,27)28/h1-5,7-10,16H,6,11H2,(H,24,26)(H2,22,27,28)(H2,23,25,29). The van der Waals surface area contributed by atoms with Gasteiger partial charge in [-0.05, 0) is 48.5 Å². The van der Waals surface area contributed by atoms with E-state index in [1.807, 2.05) is 30.3 Å². The van der Waals surface area contributed by atoms with Crippen molar-refractivity contribution >= 4 is 73.8 Å². The van der Waals surface area contributed by atoms with Crippen LogP contribution in [0.25, 0.3) is 0 Å². The number of primary sulfonamides is 1. The summed E-state index contributed by atoms with van der Waals surface area (Å²) in [6.45, 7) is 0. The Hall–Kier alpha value is -1.62. The highest BCUT2D eigenvalue weighted by Gasteiger charge is 2.34. The third-order valence-electron chi connectivity index (χ3n) is 3.83. The summed E-state index contributed by atoms with van der Waals surface area (Å²) in [6, 6.07) is 15.1. The maximum Gasteiger partial charge on any atom is 0.238 e. The number of hydrogen-bond donors (Lipinski definition) is 4. The molecule has 0 aliphatic heterocycles. The van der Waals surface area contributed by atoms with E-state index in [1.54, 1.807) is 0 Å². The number of carbonyl (C=O) groups is 1. The van der Waals surface area contributed by atoms with Gasteiger partial charge in [0, 0.05) is 12.1 Å². The van der Waals surface area contributed by atoms with Gasteiger partial charge in [-0.3, -0.25) is 4.79 Å². The van der Waals surface area contributed by atoms with E-state index in [1.165, 1.54) is 24.3 Å². The molecule has 0 saturated carbocycles. The lowest BCUT2D eigenvalue weighted by Crippen LogP contribution is -2.56. The molecule has 0 spiro atoms. The summed E-state index contributed by atoms with van der Waals surface area (Å²) in [4.78, 5) is 12.2. The zero-order chi connectivity index (χ0) is 22.4. The molecule has 2 aromatic rings. The Morgan fingerprint density at radius 2 is 1.63 bits per heavy atom. The number of thiocarbonyl (C=S) groups is 1. The number of benzene rings is 2. The highest BCUT2D eigenvalue weighted by Crippen LogP contribution is 2.29. The first kappa shape index (κ1) is 24.6. The molecule has 1 atom stereocenters. The van der Waals surface area contributed by atoms with E-state index in [2.05, 4.69) is 16.0 Å². The number of hydrogen-bond acceptors (Lipinski definition) is 4. The number of nitrogens with one attached hydrogen (secondary N) is 3. The molecule has 0 fully saturated rings. The number of carbonyl (C=O) groups excluding carboxylic acids is 1. The lowest BCUT2D eigenvalue weighted by atomic mass is 10.1. The van der Waals surface area contributed by atoms with Gasteiger partial charge in [0.05, 0.1) is 4.90 Å². The van der Waals surface area contributed by atoms with Gasteiger partial charge in [-0.15, -0.1) is 0 Å². The van der Waals surface area contributed by atoms with Crippen LogP contribution < -0.4 is 21.1 Å². The highest BCUT2D eigenvalue weighted by molar-refractivity contribution is 7.89. The first-order valence-corrected chi connectivity index (χ1v) is 11.6. The van der Waals surface area contributed by atoms with Gasteiger partial charge >= 0.3 is 0 Å². The minimum atomic E-state index is -3.80. The molecule has 0 saturated heterocycles. The SMILES string of the molecule is NS(=O)(=O)c1ccc(NC(=S)NC(NC(=O)CCc2ccccc2)C(Cl)(Cl)Cl)cc1. The average molecular weight is 510 g/mol. The van der Waals surface area contributed by atoms with E-state index >= 15 is 0 Å². The van der Waals surface area contributed by atoms with Crippen molar-refractivity contribution in [3.05, 3.63) is 60.2 Å². The molecule has 0 aliphatic rings. The summed E-state index contributed by atoms with van der Waals surface area (Å²) in [5.74, 6) is -0.331. The molecule has 7 nitrogen and oxygen atoms in total. The lowest BCUT2D eigenvalue weighted by Gasteiger charge is -2.27. The third-order valence-corrected chi connectivity index (χ3v) is 5.64. The van der Waals surface area contributed by atoms with Crippen molar-refractivity contribution in [1.82, 2.24) is 10.6 Å². The maximum atomic E-state index is 12.3. The van der Waals surface area contributed by atoms with E-state index in [-0.39, 0.29) is 22.3 Å². The number of amides is 1. The summed E-state index contributed by atoms with van der Waals surface area (Å²) in [5, 5.41) is 13.3. The second kappa shape index (κ2) is 10.6. The molecule has 0 heterocycles. The second-order valence-electron chi connectivity index (χ2n) is 6.20.